The van der Waals surface area contributed by atoms with Gasteiger partial charge in [0.2, 0.25) is 0 Å². The van der Waals surface area contributed by atoms with Crippen LogP contribution in [0.15, 0.2) is 120 Å². The molecule has 0 aromatic heterocycles. The normalized spacial score (nSPS) is 11.5. The fourth-order valence-electron chi connectivity index (χ4n) is 2.29. The molecule has 24 heavy (non-hydrogen) atoms. The average molecular weight is 348 g/mol. The molecule has 3 rings (SSSR count). The quantitative estimate of drug-likeness (QED) is 0.275. The molecule has 0 heterocycles. The first kappa shape index (κ1) is 16.7. The topological polar surface area (TPSA) is 0 Å². The third-order valence-corrected chi connectivity index (χ3v) is 7.73. The Morgan fingerprint density at radius 1 is 0.708 bits per heavy atom. The Kier molecular flexibility index (Phi) is 6.00. The Hall–Kier alpha value is -2.16. The molecule has 0 aliphatic heterocycles. The van der Waals surface area contributed by atoms with Gasteiger partial charge in [0.25, 0.3) is 0 Å². The van der Waals surface area contributed by atoms with E-state index < -0.39 is 0 Å². The van der Waals surface area contributed by atoms with E-state index in [2.05, 4.69) is 97.6 Å². The Labute approximate surface area is 150 Å². The van der Waals surface area contributed by atoms with Crippen LogP contribution in [0.5, 0.6) is 0 Å². The molecular weight excluding hydrogens is 328 g/mol. The van der Waals surface area contributed by atoms with Gasteiger partial charge in [0.15, 0.2) is 9.79 Å². The second kappa shape index (κ2) is 8.62. The number of hydrogen-bond acceptors (Lipinski definition) is 1. The van der Waals surface area contributed by atoms with Crippen molar-refractivity contribution in [1.29, 1.82) is 0 Å². The molecule has 0 bridgehead atoms. The van der Waals surface area contributed by atoms with Crippen molar-refractivity contribution in [2.24, 2.45) is 0 Å². The van der Waals surface area contributed by atoms with Gasteiger partial charge in [0.1, 0.15) is 20.7 Å². The summed E-state index contributed by atoms with van der Waals surface area (Å²) in [6.07, 6.45) is 3.97. The summed E-state index contributed by atoms with van der Waals surface area (Å²) < 4.78 is 0. The van der Waals surface area contributed by atoms with Crippen molar-refractivity contribution in [1.82, 2.24) is 0 Å². The molecule has 0 fully saturated rings. The van der Waals surface area contributed by atoms with E-state index in [4.69, 9.17) is 0 Å². The van der Waals surface area contributed by atoms with Crippen LogP contribution in [-0.4, -0.2) is 0 Å². The minimum Gasteiger partial charge on any atom is -0.0990 e. The number of allylic oxidation sites excluding steroid dienone is 2. The zero-order chi connectivity index (χ0) is 16.6. The Morgan fingerprint density at radius 3 is 1.62 bits per heavy atom. The number of benzene rings is 3. The smallest absolute Gasteiger partial charge is 0.0990 e. The predicted octanol–water partition coefficient (Wildman–Crippen LogP) is 6.60. The first-order chi connectivity index (χ1) is 11.9. The maximum atomic E-state index is 3.89. The van der Waals surface area contributed by atoms with E-state index in [0.717, 1.165) is 0 Å². The van der Waals surface area contributed by atoms with Crippen LogP contribution in [0.2, 0.25) is 0 Å². The lowest BCUT2D eigenvalue weighted by atomic mass is 10.2. The second-order valence-electron chi connectivity index (χ2n) is 5.11. The predicted molar refractivity (Wildman–Crippen MR) is 109 cm³/mol. The molecule has 0 aliphatic carbocycles. The number of rotatable bonds is 6. The van der Waals surface area contributed by atoms with Gasteiger partial charge in [-0.3, -0.25) is 0 Å². The first-order valence-electron chi connectivity index (χ1n) is 7.79. The summed E-state index contributed by atoms with van der Waals surface area (Å²) in [6.45, 7) is 3.89. The monoisotopic (exact) mass is 347 g/mol. The standard InChI is InChI=1S/C22H19S2/c1-2-12-22(19-13-6-3-7-14-19)23-24(20-15-8-4-9-16-20)21-17-10-5-11-18-21/h2-18H,1H2/q+1/b22-12-. The summed E-state index contributed by atoms with van der Waals surface area (Å²) in [4.78, 5) is 3.90. The van der Waals surface area contributed by atoms with Crippen molar-refractivity contribution in [3.63, 3.8) is 0 Å². The fourth-order valence-corrected chi connectivity index (χ4v) is 6.37. The molecule has 0 saturated carbocycles. The highest BCUT2D eigenvalue weighted by Crippen LogP contribution is 2.42. The second-order valence-corrected chi connectivity index (χ2v) is 8.70. The largest absolute Gasteiger partial charge is 0.174 e. The van der Waals surface area contributed by atoms with Gasteiger partial charge in [-0.1, -0.05) is 79.4 Å². The van der Waals surface area contributed by atoms with Crippen molar-refractivity contribution in [2.45, 2.75) is 9.79 Å². The highest BCUT2D eigenvalue weighted by Gasteiger charge is 2.29. The molecule has 2 heteroatoms. The van der Waals surface area contributed by atoms with Crippen LogP contribution in [0, 0.1) is 0 Å². The van der Waals surface area contributed by atoms with Gasteiger partial charge in [-0.15, -0.1) is 0 Å². The molecule has 0 aliphatic rings. The van der Waals surface area contributed by atoms with Gasteiger partial charge < -0.3 is 0 Å². The lowest BCUT2D eigenvalue weighted by Crippen LogP contribution is -1.99. The van der Waals surface area contributed by atoms with Crippen molar-refractivity contribution >= 4 is 25.6 Å². The summed E-state index contributed by atoms with van der Waals surface area (Å²) in [5, 5.41) is 0. The molecule has 0 unspecified atom stereocenters. The van der Waals surface area contributed by atoms with Crippen molar-refractivity contribution in [3.05, 3.63) is 115 Å². The van der Waals surface area contributed by atoms with E-state index >= 15 is 0 Å². The zero-order valence-electron chi connectivity index (χ0n) is 13.3. The maximum Gasteiger partial charge on any atom is 0.174 e. The van der Waals surface area contributed by atoms with Gasteiger partial charge in [-0.2, -0.15) is 0 Å². The minimum absolute atomic E-state index is 0.0827. The molecule has 0 saturated heterocycles. The van der Waals surface area contributed by atoms with Crippen LogP contribution in [0.4, 0.5) is 0 Å². The minimum atomic E-state index is -0.0827. The van der Waals surface area contributed by atoms with Crippen LogP contribution in [-0.2, 0) is 9.93 Å². The highest BCUT2D eigenvalue weighted by molar-refractivity contribution is 8.77. The third-order valence-electron chi connectivity index (χ3n) is 3.42. The fraction of sp³-hybridized carbons (Fsp3) is 0. The van der Waals surface area contributed by atoms with Crippen LogP contribution < -0.4 is 0 Å². The van der Waals surface area contributed by atoms with Crippen LogP contribution in [0.25, 0.3) is 4.91 Å². The van der Waals surface area contributed by atoms with E-state index in [9.17, 15) is 0 Å². The summed E-state index contributed by atoms with van der Waals surface area (Å²) in [5.74, 6) is 0. The molecule has 0 nitrogen and oxygen atoms in total. The highest BCUT2D eigenvalue weighted by atomic mass is 33.1. The maximum absolute atomic E-state index is 3.89. The summed E-state index contributed by atoms with van der Waals surface area (Å²) >= 11 is 0. The molecule has 118 valence electrons. The van der Waals surface area contributed by atoms with Gasteiger partial charge in [0.05, 0.1) is 4.91 Å². The molecule has 0 radical (unpaired) electrons. The number of hydrogen-bond donors (Lipinski definition) is 0. The van der Waals surface area contributed by atoms with E-state index in [1.165, 1.54) is 20.3 Å². The lowest BCUT2D eigenvalue weighted by Gasteiger charge is -2.08. The van der Waals surface area contributed by atoms with E-state index in [1.54, 1.807) is 0 Å². The summed E-state index contributed by atoms with van der Waals surface area (Å²) in [6, 6.07) is 31.9. The molecule has 0 amide bonds. The first-order valence-corrected chi connectivity index (χ1v) is 10.3. The Morgan fingerprint density at radius 2 is 1.17 bits per heavy atom. The lowest BCUT2D eigenvalue weighted by molar-refractivity contribution is 1.40. The van der Waals surface area contributed by atoms with Crippen LogP contribution in [0.3, 0.4) is 0 Å². The van der Waals surface area contributed by atoms with E-state index in [1.807, 2.05) is 22.9 Å². The zero-order valence-corrected chi connectivity index (χ0v) is 15.0. The van der Waals surface area contributed by atoms with Crippen LogP contribution in [0.1, 0.15) is 5.56 Å². The molecule has 0 N–H and O–H groups in total. The van der Waals surface area contributed by atoms with Gasteiger partial charge in [-0.05, 0) is 35.9 Å². The Balaban J connectivity index is 2.00. The van der Waals surface area contributed by atoms with E-state index in [-0.39, 0.29) is 9.93 Å². The summed E-state index contributed by atoms with van der Waals surface area (Å²) in [7, 11) is 1.81. The van der Waals surface area contributed by atoms with E-state index in [0.29, 0.717) is 0 Å². The SMILES string of the molecule is C=C/C=C(\S[S+](c1ccccc1)c1ccccc1)c1ccccc1. The van der Waals surface area contributed by atoms with Gasteiger partial charge >= 0.3 is 0 Å². The van der Waals surface area contributed by atoms with Crippen molar-refractivity contribution in [2.75, 3.05) is 0 Å². The van der Waals surface area contributed by atoms with Crippen LogP contribution >= 0.6 is 10.8 Å². The van der Waals surface area contributed by atoms with Gasteiger partial charge in [-0.25, -0.2) is 0 Å². The van der Waals surface area contributed by atoms with Crippen molar-refractivity contribution in [3.8, 4) is 0 Å². The Bertz CT molecular complexity index is 754. The molecule has 0 spiro atoms. The average Bonchev–Trinajstić information content (AvgIpc) is 2.67. The molecule has 3 aromatic rings. The summed E-state index contributed by atoms with van der Waals surface area (Å²) in [5.41, 5.74) is 1.23. The molecule has 0 atom stereocenters. The molecular formula is C22H19S2+. The van der Waals surface area contributed by atoms with Gasteiger partial charge in [0, 0.05) is 0 Å². The third kappa shape index (κ3) is 4.22. The van der Waals surface area contributed by atoms with Crippen molar-refractivity contribution < 1.29 is 0 Å². The molecule has 3 aromatic carbocycles.